The predicted molar refractivity (Wildman–Crippen MR) is 83.4 cm³/mol. The second-order valence-electron chi connectivity index (χ2n) is 7.18. The fraction of sp³-hybridized carbons (Fsp3) is 0.667. The summed E-state index contributed by atoms with van der Waals surface area (Å²) in [6.45, 7) is 6.76. The second-order valence-corrected chi connectivity index (χ2v) is 7.18. The average Bonchev–Trinajstić information content (AvgIpc) is 2.88. The minimum atomic E-state index is 0.568. The molecule has 3 rings (SSSR count). The number of hydrogen-bond donors (Lipinski definition) is 1. The largest absolute Gasteiger partial charge is 0.493 e. The average molecular weight is 273 g/mol. The van der Waals surface area contributed by atoms with Crippen molar-refractivity contribution in [3.8, 4) is 5.75 Å². The van der Waals surface area contributed by atoms with Crippen molar-refractivity contribution >= 4 is 0 Å². The fourth-order valence-corrected chi connectivity index (χ4v) is 3.42. The minimum Gasteiger partial charge on any atom is -0.493 e. The van der Waals surface area contributed by atoms with Crippen LogP contribution in [0, 0.1) is 5.41 Å². The van der Waals surface area contributed by atoms with Crippen LogP contribution in [0.2, 0.25) is 0 Å². The third kappa shape index (κ3) is 3.35. The smallest absolute Gasteiger partial charge is 0.122 e. The first kappa shape index (κ1) is 13.9. The Hall–Kier alpha value is -1.02. The van der Waals surface area contributed by atoms with Gasteiger partial charge in [-0.2, -0.15) is 0 Å². The summed E-state index contributed by atoms with van der Waals surface area (Å²) in [5.41, 5.74) is 3.40. The lowest BCUT2D eigenvalue weighted by Gasteiger charge is -2.34. The van der Waals surface area contributed by atoms with Gasteiger partial charge in [-0.25, -0.2) is 0 Å². The monoisotopic (exact) mass is 273 g/mol. The van der Waals surface area contributed by atoms with Gasteiger partial charge in [0.1, 0.15) is 5.75 Å². The Morgan fingerprint density at radius 3 is 2.85 bits per heavy atom. The van der Waals surface area contributed by atoms with E-state index in [0.29, 0.717) is 5.41 Å². The molecule has 1 saturated carbocycles. The van der Waals surface area contributed by atoms with Crippen LogP contribution in [0.3, 0.4) is 0 Å². The number of benzene rings is 1. The lowest BCUT2D eigenvalue weighted by molar-refractivity contribution is 0.207. The van der Waals surface area contributed by atoms with E-state index in [9.17, 15) is 0 Å². The molecule has 0 bridgehead atoms. The summed E-state index contributed by atoms with van der Waals surface area (Å²) in [5, 5.41) is 3.74. The number of ether oxygens (including phenoxy) is 1. The van der Waals surface area contributed by atoms with Crippen molar-refractivity contribution in [1.82, 2.24) is 5.32 Å². The van der Waals surface area contributed by atoms with E-state index in [2.05, 4.69) is 37.4 Å². The van der Waals surface area contributed by atoms with Crippen molar-refractivity contribution in [3.63, 3.8) is 0 Å². The molecule has 0 atom stereocenters. The second kappa shape index (κ2) is 5.77. The molecule has 0 unspecified atom stereocenters. The molecule has 1 N–H and O–H groups in total. The van der Waals surface area contributed by atoms with Crippen LogP contribution in [0.4, 0.5) is 0 Å². The summed E-state index contributed by atoms with van der Waals surface area (Å²) in [7, 11) is 0. The standard InChI is InChI=1S/C18H27NO/c1-18(2)9-5-16(6-10-18)19-11-7-14-3-4-17-15(13-14)8-12-20-17/h3-4,13,16,19H,5-12H2,1-2H3. The highest BCUT2D eigenvalue weighted by Gasteiger charge is 2.26. The Balaban J connectivity index is 1.44. The van der Waals surface area contributed by atoms with Gasteiger partial charge in [0.25, 0.3) is 0 Å². The van der Waals surface area contributed by atoms with Crippen LogP contribution in [0.15, 0.2) is 18.2 Å². The molecule has 2 aliphatic rings. The van der Waals surface area contributed by atoms with Crippen LogP contribution in [-0.2, 0) is 12.8 Å². The number of hydrogen-bond acceptors (Lipinski definition) is 2. The molecule has 2 nitrogen and oxygen atoms in total. The van der Waals surface area contributed by atoms with Crippen molar-refractivity contribution in [2.24, 2.45) is 5.41 Å². The van der Waals surface area contributed by atoms with E-state index in [1.54, 1.807) is 0 Å². The van der Waals surface area contributed by atoms with Crippen molar-refractivity contribution in [3.05, 3.63) is 29.3 Å². The molecule has 20 heavy (non-hydrogen) atoms. The van der Waals surface area contributed by atoms with Crippen LogP contribution in [0.1, 0.15) is 50.7 Å². The summed E-state index contributed by atoms with van der Waals surface area (Å²) in [5.74, 6) is 1.09. The SMILES string of the molecule is CC1(C)CCC(NCCc2ccc3c(c2)CCO3)CC1. The van der Waals surface area contributed by atoms with Crippen LogP contribution in [0.25, 0.3) is 0 Å². The van der Waals surface area contributed by atoms with Gasteiger partial charge in [-0.15, -0.1) is 0 Å². The molecule has 1 fully saturated rings. The summed E-state index contributed by atoms with van der Waals surface area (Å²) in [4.78, 5) is 0. The van der Waals surface area contributed by atoms with E-state index in [0.717, 1.165) is 37.8 Å². The molecule has 1 aliphatic carbocycles. The molecule has 110 valence electrons. The Morgan fingerprint density at radius 1 is 1.25 bits per heavy atom. The number of fused-ring (bicyclic) bond motifs is 1. The van der Waals surface area contributed by atoms with Gasteiger partial charge >= 0.3 is 0 Å². The topological polar surface area (TPSA) is 21.3 Å². The number of rotatable bonds is 4. The van der Waals surface area contributed by atoms with E-state index in [1.165, 1.54) is 36.8 Å². The van der Waals surface area contributed by atoms with E-state index in [4.69, 9.17) is 4.74 Å². The maximum absolute atomic E-state index is 5.56. The summed E-state index contributed by atoms with van der Waals surface area (Å²) in [6.07, 6.45) is 7.61. The minimum absolute atomic E-state index is 0.568. The lowest BCUT2D eigenvalue weighted by atomic mass is 9.75. The molecule has 0 spiro atoms. The van der Waals surface area contributed by atoms with Gasteiger partial charge in [0.2, 0.25) is 0 Å². The molecular formula is C18H27NO. The molecule has 0 radical (unpaired) electrons. The van der Waals surface area contributed by atoms with Crippen molar-refractivity contribution in [2.45, 2.75) is 58.4 Å². The molecule has 1 heterocycles. The number of nitrogens with one attached hydrogen (secondary N) is 1. The van der Waals surface area contributed by atoms with Crippen molar-refractivity contribution in [2.75, 3.05) is 13.2 Å². The zero-order chi connectivity index (χ0) is 14.0. The Morgan fingerprint density at radius 2 is 2.05 bits per heavy atom. The van der Waals surface area contributed by atoms with E-state index < -0.39 is 0 Å². The Labute approximate surface area is 122 Å². The molecule has 2 heteroatoms. The van der Waals surface area contributed by atoms with Crippen LogP contribution >= 0.6 is 0 Å². The van der Waals surface area contributed by atoms with E-state index >= 15 is 0 Å². The summed E-state index contributed by atoms with van der Waals surface area (Å²) >= 11 is 0. The summed E-state index contributed by atoms with van der Waals surface area (Å²) < 4.78 is 5.56. The zero-order valence-corrected chi connectivity index (χ0v) is 12.9. The Bertz CT molecular complexity index is 456. The first-order valence-electron chi connectivity index (χ1n) is 8.10. The highest BCUT2D eigenvalue weighted by Crippen LogP contribution is 2.35. The fourth-order valence-electron chi connectivity index (χ4n) is 3.42. The highest BCUT2D eigenvalue weighted by atomic mass is 16.5. The molecule has 0 amide bonds. The van der Waals surface area contributed by atoms with Gasteiger partial charge in [0.05, 0.1) is 6.61 Å². The van der Waals surface area contributed by atoms with Gasteiger partial charge in [-0.3, -0.25) is 0 Å². The first-order chi connectivity index (χ1) is 9.62. The lowest BCUT2D eigenvalue weighted by Crippen LogP contribution is -2.36. The Kier molecular flexibility index (Phi) is 4.02. The zero-order valence-electron chi connectivity index (χ0n) is 12.9. The molecule has 0 aromatic heterocycles. The predicted octanol–water partition coefficient (Wildman–Crippen LogP) is 3.72. The van der Waals surface area contributed by atoms with Gasteiger partial charge < -0.3 is 10.1 Å². The third-order valence-electron chi connectivity index (χ3n) is 4.94. The maximum Gasteiger partial charge on any atom is 0.122 e. The molecule has 1 aromatic carbocycles. The summed E-state index contributed by atoms with van der Waals surface area (Å²) in [6, 6.07) is 7.42. The first-order valence-corrected chi connectivity index (χ1v) is 8.10. The molecule has 1 aliphatic heterocycles. The van der Waals surface area contributed by atoms with Crippen LogP contribution < -0.4 is 10.1 Å². The van der Waals surface area contributed by atoms with E-state index in [-0.39, 0.29) is 0 Å². The van der Waals surface area contributed by atoms with Crippen molar-refractivity contribution in [1.29, 1.82) is 0 Å². The quantitative estimate of drug-likeness (QED) is 0.902. The normalized spacial score (nSPS) is 21.5. The van der Waals surface area contributed by atoms with Gasteiger partial charge in [0, 0.05) is 12.5 Å². The van der Waals surface area contributed by atoms with Gasteiger partial charge in [-0.1, -0.05) is 26.0 Å². The molecular weight excluding hydrogens is 246 g/mol. The molecule has 1 aromatic rings. The molecule has 0 saturated heterocycles. The van der Waals surface area contributed by atoms with Crippen LogP contribution in [0.5, 0.6) is 5.75 Å². The van der Waals surface area contributed by atoms with Crippen LogP contribution in [-0.4, -0.2) is 19.2 Å². The van der Waals surface area contributed by atoms with Gasteiger partial charge in [-0.05, 0) is 61.3 Å². The van der Waals surface area contributed by atoms with Gasteiger partial charge in [0.15, 0.2) is 0 Å². The van der Waals surface area contributed by atoms with E-state index in [1.807, 2.05) is 0 Å². The van der Waals surface area contributed by atoms with Crippen molar-refractivity contribution < 1.29 is 4.74 Å². The maximum atomic E-state index is 5.56. The highest BCUT2D eigenvalue weighted by molar-refractivity contribution is 5.39. The third-order valence-corrected chi connectivity index (χ3v) is 4.94.